The van der Waals surface area contributed by atoms with Gasteiger partial charge in [-0.2, -0.15) is 0 Å². The van der Waals surface area contributed by atoms with Gasteiger partial charge < -0.3 is 10.6 Å². The number of fused-ring (bicyclic) bond motifs is 2. The van der Waals surface area contributed by atoms with E-state index in [1.54, 1.807) is 0 Å². The number of rotatable bonds is 0. The molecule has 0 unspecified atom stereocenters. The van der Waals surface area contributed by atoms with E-state index >= 15 is 0 Å². The van der Waals surface area contributed by atoms with Crippen molar-refractivity contribution in [3.8, 4) is 0 Å². The van der Waals surface area contributed by atoms with Gasteiger partial charge in [0.15, 0.2) is 0 Å². The smallest absolute Gasteiger partial charge is 0.0709 e. The van der Waals surface area contributed by atoms with Crippen LogP contribution < -0.4 is 10.6 Å². The zero-order valence-electron chi connectivity index (χ0n) is 11.5. The maximum Gasteiger partial charge on any atom is 0.0709 e. The lowest BCUT2D eigenvalue weighted by Crippen LogP contribution is -2.39. The van der Waals surface area contributed by atoms with Crippen molar-refractivity contribution in [1.29, 1.82) is 0 Å². The monoisotopic (exact) mass is 265 g/mol. The van der Waals surface area contributed by atoms with E-state index < -0.39 is 0 Å². The van der Waals surface area contributed by atoms with Gasteiger partial charge >= 0.3 is 0 Å². The normalized spacial score (nSPS) is 14.8. The Morgan fingerprint density at radius 1 is 0.650 bits per heavy atom. The molecule has 3 heteroatoms. The van der Waals surface area contributed by atoms with Crippen LogP contribution in [0.5, 0.6) is 0 Å². The molecule has 2 N–H and O–H groups in total. The lowest BCUT2D eigenvalue weighted by atomic mass is 10.1. The highest BCUT2D eigenvalue weighted by atomic mass is 15.0. The molecule has 0 amide bonds. The molecule has 2 heterocycles. The average molecular weight is 265 g/mol. The molecule has 1 aliphatic heterocycles. The van der Waals surface area contributed by atoms with E-state index in [0.29, 0.717) is 0 Å². The fourth-order valence-corrected chi connectivity index (χ4v) is 2.32. The van der Waals surface area contributed by atoms with Crippen LogP contribution in [-0.4, -0.2) is 31.2 Å². The third kappa shape index (κ3) is 3.13. The molecule has 0 atom stereocenters. The number of pyridine rings is 1. The molecule has 0 bridgehead atoms. The van der Waals surface area contributed by atoms with Crippen molar-refractivity contribution in [2.75, 3.05) is 26.2 Å². The van der Waals surface area contributed by atoms with Crippen molar-refractivity contribution in [2.24, 2.45) is 0 Å². The number of para-hydroxylation sites is 2. The molecule has 1 fully saturated rings. The van der Waals surface area contributed by atoms with Crippen LogP contribution in [0.1, 0.15) is 0 Å². The SMILES string of the molecule is C1CNCCN1.c1ccc2nc3ccccc3cc2c1. The summed E-state index contributed by atoms with van der Waals surface area (Å²) in [5.41, 5.74) is 2.12. The van der Waals surface area contributed by atoms with E-state index in [4.69, 9.17) is 0 Å². The molecule has 0 aliphatic carbocycles. The van der Waals surface area contributed by atoms with Gasteiger partial charge in [0.05, 0.1) is 11.0 Å². The van der Waals surface area contributed by atoms with Gasteiger partial charge in [0.1, 0.15) is 0 Å². The van der Waals surface area contributed by atoms with Crippen molar-refractivity contribution in [3.63, 3.8) is 0 Å². The van der Waals surface area contributed by atoms with Gasteiger partial charge in [-0.3, -0.25) is 0 Å². The Morgan fingerprint density at radius 3 is 1.55 bits per heavy atom. The highest BCUT2D eigenvalue weighted by Crippen LogP contribution is 2.18. The average Bonchev–Trinajstić information content (AvgIpc) is 2.55. The van der Waals surface area contributed by atoms with Gasteiger partial charge in [-0.25, -0.2) is 4.98 Å². The van der Waals surface area contributed by atoms with Gasteiger partial charge in [0.2, 0.25) is 0 Å². The van der Waals surface area contributed by atoms with E-state index in [0.717, 1.165) is 37.2 Å². The Morgan fingerprint density at radius 2 is 1.10 bits per heavy atom. The van der Waals surface area contributed by atoms with E-state index in [9.17, 15) is 0 Å². The second-order valence-corrected chi connectivity index (χ2v) is 4.87. The van der Waals surface area contributed by atoms with Crippen molar-refractivity contribution < 1.29 is 0 Å². The van der Waals surface area contributed by atoms with E-state index in [1.165, 1.54) is 10.8 Å². The minimum atomic E-state index is 1.06. The zero-order chi connectivity index (χ0) is 13.6. The predicted octanol–water partition coefficient (Wildman–Crippen LogP) is 2.57. The minimum absolute atomic E-state index is 1.06. The predicted molar refractivity (Wildman–Crippen MR) is 85.0 cm³/mol. The molecule has 3 nitrogen and oxygen atoms in total. The molecule has 0 spiro atoms. The number of hydrogen-bond donors (Lipinski definition) is 2. The summed E-state index contributed by atoms with van der Waals surface area (Å²) in [7, 11) is 0. The van der Waals surface area contributed by atoms with Gasteiger partial charge in [0, 0.05) is 37.0 Å². The number of nitrogens with zero attached hydrogens (tertiary/aromatic N) is 1. The molecule has 3 aromatic rings. The van der Waals surface area contributed by atoms with E-state index in [-0.39, 0.29) is 0 Å². The zero-order valence-corrected chi connectivity index (χ0v) is 11.5. The van der Waals surface area contributed by atoms with Gasteiger partial charge in [0.25, 0.3) is 0 Å². The number of hydrogen-bond acceptors (Lipinski definition) is 3. The Hall–Kier alpha value is -1.97. The summed E-state index contributed by atoms with van der Waals surface area (Å²) in [6.45, 7) is 4.56. The maximum atomic E-state index is 4.58. The number of benzene rings is 2. The Bertz CT molecular complexity index is 573. The largest absolute Gasteiger partial charge is 0.314 e. The van der Waals surface area contributed by atoms with Crippen molar-refractivity contribution in [1.82, 2.24) is 15.6 Å². The molecule has 102 valence electrons. The summed E-state index contributed by atoms with van der Waals surface area (Å²) in [5, 5.41) is 8.84. The molecule has 0 radical (unpaired) electrons. The first kappa shape index (κ1) is 13.0. The van der Waals surface area contributed by atoms with Gasteiger partial charge in [-0.05, 0) is 18.2 Å². The standard InChI is InChI=1S/C13H9N.C4H10N2/c1-3-7-12-10(5-1)9-11-6-2-4-8-13(11)14-12;1-2-6-4-3-5-1/h1-9H;5-6H,1-4H2. The van der Waals surface area contributed by atoms with Crippen LogP contribution in [0.3, 0.4) is 0 Å². The van der Waals surface area contributed by atoms with Crippen LogP contribution in [0, 0.1) is 0 Å². The fourth-order valence-electron chi connectivity index (χ4n) is 2.32. The highest BCUT2D eigenvalue weighted by molar-refractivity contribution is 5.92. The lowest BCUT2D eigenvalue weighted by molar-refractivity contribution is 0.534. The Kier molecular flexibility index (Phi) is 4.21. The lowest BCUT2D eigenvalue weighted by Gasteiger charge is -2.11. The maximum absolute atomic E-state index is 4.58. The first-order valence-electron chi connectivity index (χ1n) is 7.09. The molecule has 1 aliphatic rings. The molecular formula is C17H19N3. The molecule has 2 aromatic carbocycles. The number of piperazine rings is 1. The number of nitrogens with one attached hydrogen (secondary N) is 2. The minimum Gasteiger partial charge on any atom is -0.314 e. The van der Waals surface area contributed by atoms with Gasteiger partial charge in [-0.1, -0.05) is 36.4 Å². The molecular weight excluding hydrogens is 246 g/mol. The first-order chi connectivity index (χ1) is 9.93. The van der Waals surface area contributed by atoms with Crippen LogP contribution in [-0.2, 0) is 0 Å². The summed E-state index contributed by atoms with van der Waals surface area (Å²) in [6.07, 6.45) is 0. The summed E-state index contributed by atoms with van der Waals surface area (Å²) in [4.78, 5) is 4.58. The molecule has 1 saturated heterocycles. The third-order valence-electron chi connectivity index (χ3n) is 3.38. The summed E-state index contributed by atoms with van der Waals surface area (Å²) >= 11 is 0. The second kappa shape index (κ2) is 6.46. The quantitative estimate of drug-likeness (QED) is 0.613. The Labute approximate surface area is 119 Å². The summed E-state index contributed by atoms with van der Waals surface area (Å²) < 4.78 is 0. The van der Waals surface area contributed by atoms with Crippen LogP contribution in [0.25, 0.3) is 21.8 Å². The number of aromatic nitrogens is 1. The molecule has 1 aromatic heterocycles. The first-order valence-corrected chi connectivity index (χ1v) is 7.09. The summed E-state index contributed by atoms with van der Waals surface area (Å²) in [5.74, 6) is 0. The van der Waals surface area contributed by atoms with E-state index in [2.05, 4.69) is 33.8 Å². The van der Waals surface area contributed by atoms with Crippen LogP contribution in [0.4, 0.5) is 0 Å². The van der Waals surface area contributed by atoms with Gasteiger partial charge in [-0.15, -0.1) is 0 Å². The Balaban J connectivity index is 0.000000170. The van der Waals surface area contributed by atoms with Crippen LogP contribution in [0.2, 0.25) is 0 Å². The molecule has 20 heavy (non-hydrogen) atoms. The van der Waals surface area contributed by atoms with Crippen LogP contribution in [0.15, 0.2) is 54.6 Å². The fraction of sp³-hybridized carbons (Fsp3) is 0.235. The molecule has 0 saturated carbocycles. The highest BCUT2D eigenvalue weighted by Gasteiger charge is 1.96. The van der Waals surface area contributed by atoms with Crippen LogP contribution >= 0.6 is 0 Å². The molecule has 4 rings (SSSR count). The summed E-state index contributed by atoms with van der Waals surface area (Å²) in [6, 6.07) is 18.6. The second-order valence-electron chi connectivity index (χ2n) is 4.87. The van der Waals surface area contributed by atoms with Crippen molar-refractivity contribution >= 4 is 21.8 Å². The van der Waals surface area contributed by atoms with Crippen molar-refractivity contribution in [3.05, 3.63) is 54.6 Å². The van der Waals surface area contributed by atoms with Crippen molar-refractivity contribution in [2.45, 2.75) is 0 Å². The topological polar surface area (TPSA) is 37.0 Å². The van der Waals surface area contributed by atoms with E-state index in [1.807, 2.05) is 36.4 Å². The third-order valence-corrected chi connectivity index (χ3v) is 3.38.